The van der Waals surface area contributed by atoms with Gasteiger partial charge in [0.2, 0.25) is 0 Å². The molecule has 5 heteroatoms. The summed E-state index contributed by atoms with van der Waals surface area (Å²) >= 11 is 0. The third kappa shape index (κ3) is 2.86. The third-order valence-electron chi connectivity index (χ3n) is 2.92. The Labute approximate surface area is 117 Å². The van der Waals surface area contributed by atoms with E-state index in [9.17, 15) is 12.8 Å². The minimum Gasteiger partial charge on any atom is -0.223 e. The molecule has 0 aromatic heterocycles. The molecule has 0 spiro atoms. The molecule has 0 fully saturated rings. The van der Waals surface area contributed by atoms with Crippen molar-refractivity contribution in [2.75, 3.05) is 0 Å². The lowest BCUT2D eigenvalue weighted by molar-refractivity contribution is 0.586. The van der Waals surface area contributed by atoms with Crippen LogP contribution in [0.15, 0.2) is 47.4 Å². The standard InChI is InChI=1S/C15H12FNO2S/c1-11-5-7-14(8-6-11)20(18,19)10-13-4-2-3-12(9-17)15(13)16/h2-8H,10H2,1H3. The highest BCUT2D eigenvalue weighted by atomic mass is 32.2. The van der Waals surface area contributed by atoms with Crippen LogP contribution in [0.2, 0.25) is 0 Å². The molecule has 2 rings (SSSR count). The maximum atomic E-state index is 13.9. The molecular formula is C15H12FNO2S. The predicted octanol–water partition coefficient (Wildman–Crippen LogP) is 2.98. The molecule has 0 radical (unpaired) electrons. The van der Waals surface area contributed by atoms with Crippen LogP contribution < -0.4 is 0 Å². The van der Waals surface area contributed by atoms with Gasteiger partial charge in [0.25, 0.3) is 0 Å². The predicted molar refractivity (Wildman–Crippen MR) is 73.2 cm³/mol. The fraction of sp³-hybridized carbons (Fsp3) is 0.133. The largest absolute Gasteiger partial charge is 0.223 e. The van der Waals surface area contributed by atoms with Gasteiger partial charge in [-0.2, -0.15) is 5.26 Å². The monoisotopic (exact) mass is 289 g/mol. The van der Waals surface area contributed by atoms with Gasteiger partial charge in [-0.15, -0.1) is 0 Å². The van der Waals surface area contributed by atoms with Gasteiger partial charge in [0, 0.05) is 5.56 Å². The molecule has 0 saturated carbocycles. The fourth-order valence-corrected chi connectivity index (χ4v) is 3.16. The normalized spacial score (nSPS) is 11.1. The lowest BCUT2D eigenvalue weighted by Crippen LogP contribution is -2.07. The number of rotatable bonds is 3. The molecule has 0 aliphatic carbocycles. The van der Waals surface area contributed by atoms with E-state index in [0.29, 0.717) is 0 Å². The summed E-state index contributed by atoms with van der Waals surface area (Å²) in [6.07, 6.45) is 0. The van der Waals surface area contributed by atoms with E-state index in [1.807, 2.05) is 6.92 Å². The zero-order valence-electron chi connectivity index (χ0n) is 10.8. The van der Waals surface area contributed by atoms with E-state index in [1.54, 1.807) is 18.2 Å². The van der Waals surface area contributed by atoms with Crippen molar-refractivity contribution in [3.05, 3.63) is 65.0 Å². The van der Waals surface area contributed by atoms with Gasteiger partial charge in [-0.3, -0.25) is 0 Å². The van der Waals surface area contributed by atoms with Crippen molar-refractivity contribution < 1.29 is 12.8 Å². The number of halogens is 1. The Kier molecular flexibility index (Phi) is 3.86. The molecule has 0 amide bonds. The zero-order chi connectivity index (χ0) is 14.8. The second-order valence-electron chi connectivity index (χ2n) is 4.46. The van der Waals surface area contributed by atoms with Gasteiger partial charge in [0.15, 0.2) is 9.84 Å². The Bertz CT molecular complexity index is 775. The van der Waals surface area contributed by atoms with E-state index in [1.165, 1.54) is 30.3 Å². The molecule has 0 unspecified atom stereocenters. The van der Waals surface area contributed by atoms with Crippen molar-refractivity contribution in [1.82, 2.24) is 0 Å². The second-order valence-corrected chi connectivity index (χ2v) is 6.45. The Morgan fingerprint density at radius 3 is 2.40 bits per heavy atom. The Morgan fingerprint density at radius 2 is 1.80 bits per heavy atom. The summed E-state index contributed by atoms with van der Waals surface area (Å²) in [5.74, 6) is -1.23. The number of benzene rings is 2. The lowest BCUT2D eigenvalue weighted by Gasteiger charge is -2.07. The van der Waals surface area contributed by atoms with Crippen molar-refractivity contribution in [2.45, 2.75) is 17.6 Å². The molecule has 0 bridgehead atoms. The Hall–Kier alpha value is -2.19. The van der Waals surface area contributed by atoms with Crippen LogP contribution in [0.1, 0.15) is 16.7 Å². The first kappa shape index (κ1) is 14.2. The summed E-state index contributed by atoms with van der Waals surface area (Å²) in [6.45, 7) is 1.85. The second kappa shape index (κ2) is 5.43. The molecule has 0 atom stereocenters. The molecule has 0 heterocycles. The first-order valence-corrected chi connectivity index (χ1v) is 7.56. The highest BCUT2D eigenvalue weighted by Gasteiger charge is 2.18. The Morgan fingerprint density at radius 1 is 1.15 bits per heavy atom. The molecule has 20 heavy (non-hydrogen) atoms. The van der Waals surface area contributed by atoms with E-state index in [4.69, 9.17) is 5.26 Å². The van der Waals surface area contributed by atoms with Gasteiger partial charge in [0.1, 0.15) is 11.9 Å². The van der Waals surface area contributed by atoms with E-state index in [2.05, 4.69) is 0 Å². The van der Waals surface area contributed by atoms with Gasteiger partial charge >= 0.3 is 0 Å². The van der Waals surface area contributed by atoms with Crippen LogP contribution in [0, 0.1) is 24.1 Å². The van der Waals surface area contributed by atoms with Crippen LogP contribution >= 0.6 is 0 Å². The number of nitrogens with zero attached hydrogens (tertiary/aromatic N) is 1. The average Bonchev–Trinajstić information content (AvgIpc) is 2.41. The lowest BCUT2D eigenvalue weighted by atomic mass is 10.1. The first-order chi connectivity index (χ1) is 9.44. The van der Waals surface area contributed by atoms with Crippen molar-refractivity contribution in [3.63, 3.8) is 0 Å². The SMILES string of the molecule is Cc1ccc(S(=O)(=O)Cc2cccc(C#N)c2F)cc1. The summed E-state index contributed by atoms with van der Waals surface area (Å²) < 4.78 is 38.3. The van der Waals surface area contributed by atoms with Gasteiger partial charge in [-0.05, 0) is 25.1 Å². The van der Waals surface area contributed by atoms with Gasteiger partial charge < -0.3 is 0 Å². The number of aryl methyl sites for hydroxylation is 1. The fourth-order valence-electron chi connectivity index (χ4n) is 1.81. The molecule has 0 aliphatic heterocycles. The van der Waals surface area contributed by atoms with Crippen LogP contribution in [0.3, 0.4) is 0 Å². The first-order valence-electron chi connectivity index (χ1n) is 5.91. The molecule has 3 nitrogen and oxygen atoms in total. The number of nitriles is 1. The van der Waals surface area contributed by atoms with Crippen molar-refractivity contribution in [3.8, 4) is 6.07 Å². The molecule has 2 aromatic rings. The average molecular weight is 289 g/mol. The van der Waals surface area contributed by atoms with Crippen molar-refractivity contribution in [2.24, 2.45) is 0 Å². The minimum absolute atomic E-state index is 0.00428. The summed E-state index contributed by atoms with van der Waals surface area (Å²) in [5.41, 5.74) is 0.799. The summed E-state index contributed by atoms with van der Waals surface area (Å²) in [4.78, 5) is 0.143. The minimum atomic E-state index is -3.63. The van der Waals surface area contributed by atoms with Crippen LogP contribution in [-0.4, -0.2) is 8.42 Å². The van der Waals surface area contributed by atoms with Crippen LogP contribution in [-0.2, 0) is 15.6 Å². The summed E-state index contributed by atoms with van der Waals surface area (Å²) in [5, 5.41) is 8.75. The highest BCUT2D eigenvalue weighted by molar-refractivity contribution is 7.90. The quantitative estimate of drug-likeness (QED) is 0.872. The van der Waals surface area contributed by atoms with E-state index >= 15 is 0 Å². The van der Waals surface area contributed by atoms with Crippen LogP contribution in [0.4, 0.5) is 4.39 Å². The topological polar surface area (TPSA) is 57.9 Å². The molecule has 0 saturated heterocycles. The van der Waals surface area contributed by atoms with Gasteiger partial charge in [-0.1, -0.05) is 29.8 Å². The van der Waals surface area contributed by atoms with Crippen LogP contribution in [0.5, 0.6) is 0 Å². The molecular weight excluding hydrogens is 277 g/mol. The number of sulfone groups is 1. The maximum Gasteiger partial charge on any atom is 0.182 e. The highest BCUT2D eigenvalue weighted by Crippen LogP contribution is 2.20. The van der Waals surface area contributed by atoms with E-state index in [0.717, 1.165) is 5.56 Å². The summed E-state index contributed by atoms with van der Waals surface area (Å²) in [7, 11) is -3.63. The van der Waals surface area contributed by atoms with Crippen molar-refractivity contribution in [1.29, 1.82) is 5.26 Å². The maximum absolute atomic E-state index is 13.9. The Balaban J connectivity index is 2.39. The number of hydrogen-bond acceptors (Lipinski definition) is 3. The van der Waals surface area contributed by atoms with Crippen LogP contribution in [0.25, 0.3) is 0 Å². The number of hydrogen-bond donors (Lipinski definition) is 0. The molecule has 0 N–H and O–H groups in total. The molecule has 2 aromatic carbocycles. The zero-order valence-corrected chi connectivity index (χ0v) is 11.6. The third-order valence-corrected chi connectivity index (χ3v) is 4.61. The van der Waals surface area contributed by atoms with E-state index in [-0.39, 0.29) is 16.0 Å². The molecule has 0 aliphatic rings. The van der Waals surface area contributed by atoms with E-state index < -0.39 is 21.4 Å². The van der Waals surface area contributed by atoms with Gasteiger partial charge in [-0.25, -0.2) is 12.8 Å². The molecule has 102 valence electrons. The van der Waals surface area contributed by atoms with Crippen molar-refractivity contribution >= 4 is 9.84 Å². The van der Waals surface area contributed by atoms with Gasteiger partial charge in [0.05, 0.1) is 16.2 Å². The smallest absolute Gasteiger partial charge is 0.182 e. The summed E-state index contributed by atoms with van der Waals surface area (Å²) in [6, 6.07) is 12.2.